The fourth-order valence-electron chi connectivity index (χ4n) is 3.02. The summed E-state index contributed by atoms with van der Waals surface area (Å²) >= 11 is 0. The third kappa shape index (κ3) is 1.32. The van der Waals surface area contributed by atoms with Crippen LogP contribution in [0.5, 0.6) is 0 Å². The number of nitrogen functional groups attached to an aromatic ring is 1. The van der Waals surface area contributed by atoms with Crippen molar-refractivity contribution in [1.29, 1.82) is 0 Å². The number of hydrogen-bond donors (Lipinski definition) is 1. The predicted molar refractivity (Wildman–Crippen MR) is 68.8 cm³/mol. The summed E-state index contributed by atoms with van der Waals surface area (Å²) in [5.74, 6) is 0. The van der Waals surface area contributed by atoms with Gasteiger partial charge in [-0.05, 0) is 49.9 Å². The van der Waals surface area contributed by atoms with Gasteiger partial charge in [-0.2, -0.15) is 0 Å². The van der Waals surface area contributed by atoms with Gasteiger partial charge in [0.15, 0.2) is 0 Å². The Morgan fingerprint density at radius 1 is 1.12 bits per heavy atom. The number of nitrogens with two attached hydrogens (primary N) is 1. The Morgan fingerprint density at radius 2 is 1.75 bits per heavy atom. The fourth-order valence-corrected chi connectivity index (χ4v) is 3.02. The van der Waals surface area contributed by atoms with Crippen LogP contribution in [-0.2, 0) is 0 Å². The summed E-state index contributed by atoms with van der Waals surface area (Å²) in [6, 6.07) is 4.35. The fraction of sp³-hybridized carbons (Fsp3) is 0.571. The Kier molecular flexibility index (Phi) is 1.97. The van der Waals surface area contributed by atoms with Crippen LogP contribution in [-0.4, -0.2) is 13.1 Å². The first kappa shape index (κ1) is 10.0. The van der Waals surface area contributed by atoms with E-state index in [9.17, 15) is 0 Å². The Labute approximate surface area is 97.4 Å². The van der Waals surface area contributed by atoms with E-state index in [1.807, 2.05) is 0 Å². The number of nitrogens with zero attached hydrogens (tertiary/aromatic N) is 1. The minimum Gasteiger partial charge on any atom is -0.397 e. The predicted octanol–water partition coefficient (Wildman–Crippen LogP) is 2.88. The van der Waals surface area contributed by atoms with Crippen LogP contribution in [0.3, 0.4) is 0 Å². The Hall–Kier alpha value is -1.18. The van der Waals surface area contributed by atoms with Crippen molar-refractivity contribution in [2.24, 2.45) is 5.41 Å². The molecule has 86 valence electrons. The van der Waals surface area contributed by atoms with Gasteiger partial charge in [0, 0.05) is 18.5 Å². The molecule has 0 amide bonds. The summed E-state index contributed by atoms with van der Waals surface area (Å²) < 4.78 is 0. The van der Waals surface area contributed by atoms with Crippen molar-refractivity contribution in [3.05, 3.63) is 23.3 Å². The third-order valence-corrected chi connectivity index (χ3v) is 4.45. The van der Waals surface area contributed by atoms with Gasteiger partial charge in [0.25, 0.3) is 0 Å². The smallest absolute Gasteiger partial charge is 0.0603 e. The minimum absolute atomic E-state index is 0.672. The lowest BCUT2D eigenvalue weighted by Gasteiger charge is -2.57. The molecule has 2 nitrogen and oxygen atoms in total. The average Bonchev–Trinajstić information content (AvgIpc) is 2.08. The van der Waals surface area contributed by atoms with Crippen molar-refractivity contribution in [1.82, 2.24) is 0 Å². The molecule has 0 radical (unpaired) electrons. The van der Waals surface area contributed by atoms with E-state index >= 15 is 0 Å². The molecule has 2 heteroatoms. The van der Waals surface area contributed by atoms with Gasteiger partial charge in [-0.15, -0.1) is 0 Å². The SMILES string of the molecule is Cc1cc(N)c(N2CC3(CCC3)C2)cc1C. The Morgan fingerprint density at radius 3 is 2.31 bits per heavy atom. The zero-order valence-electron chi connectivity index (χ0n) is 10.2. The van der Waals surface area contributed by atoms with Crippen molar-refractivity contribution >= 4 is 11.4 Å². The maximum atomic E-state index is 6.11. The van der Waals surface area contributed by atoms with E-state index in [0.717, 1.165) is 5.69 Å². The minimum atomic E-state index is 0.672. The highest BCUT2D eigenvalue weighted by Crippen LogP contribution is 2.50. The van der Waals surface area contributed by atoms with Crippen molar-refractivity contribution in [3.8, 4) is 0 Å². The van der Waals surface area contributed by atoms with Crippen LogP contribution >= 0.6 is 0 Å². The first-order valence-electron chi connectivity index (χ1n) is 6.21. The molecule has 1 heterocycles. The van der Waals surface area contributed by atoms with Crippen LogP contribution in [0.4, 0.5) is 11.4 Å². The second-order valence-corrected chi connectivity index (χ2v) is 5.70. The molecule has 0 atom stereocenters. The molecule has 3 rings (SSSR count). The zero-order chi connectivity index (χ0) is 11.3. The van der Waals surface area contributed by atoms with E-state index in [1.165, 1.54) is 49.2 Å². The lowest BCUT2D eigenvalue weighted by molar-refractivity contribution is 0.0905. The van der Waals surface area contributed by atoms with Gasteiger partial charge in [0.1, 0.15) is 0 Å². The van der Waals surface area contributed by atoms with Gasteiger partial charge >= 0.3 is 0 Å². The van der Waals surface area contributed by atoms with Gasteiger partial charge in [0.05, 0.1) is 11.4 Å². The molecule has 0 bridgehead atoms. The van der Waals surface area contributed by atoms with Gasteiger partial charge in [0.2, 0.25) is 0 Å². The molecule has 1 aromatic carbocycles. The van der Waals surface area contributed by atoms with E-state index in [1.54, 1.807) is 0 Å². The first-order valence-corrected chi connectivity index (χ1v) is 6.21. The van der Waals surface area contributed by atoms with Crippen molar-refractivity contribution in [3.63, 3.8) is 0 Å². The van der Waals surface area contributed by atoms with Gasteiger partial charge in [-0.25, -0.2) is 0 Å². The van der Waals surface area contributed by atoms with E-state index in [-0.39, 0.29) is 0 Å². The molecule has 16 heavy (non-hydrogen) atoms. The highest BCUT2D eigenvalue weighted by atomic mass is 15.2. The molecule has 1 aliphatic heterocycles. The molecule has 1 saturated carbocycles. The molecular formula is C14H20N2. The summed E-state index contributed by atoms with van der Waals surface area (Å²) in [7, 11) is 0. The maximum absolute atomic E-state index is 6.11. The van der Waals surface area contributed by atoms with Crippen LogP contribution in [0, 0.1) is 19.3 Å². The largest absolute Gasteiger partial charge is 0.397 e. The molecule has 2 aliphatic rings. The standard InChI is InChI=1S/C14H20N2/c1-10-6-12(15)13(7-11(10)2)16-8-14(9-16)4-3-5-14/h6-7H,3-5,8-9,15H2,1-2H3. The lowest BCUT2D eigenvalue weighted by atomic mass is 9.63. The first-order chi connectivity index (χ1) is 7.60. The molecule has 2 N–H and O–H groups in total. The third-order valence-electron chi connectivity index (χ3n) is 4.45. The molecule has 1 aromatic rings. The lowest BCUT2D eigenvalue weighted by Crippen LogP contribution is -2.60. The molecule has 0 unspecified atom stereocenters. The molecular weight excluding hydrogens is 196 g/mol. The van der Waals surface area contributed by atoms with Gasteiger partial charge in [-0.3, -0.25) is 0 Å². The molecule has 1 saturated heterocycles. The maximum Gasteiger partial charge on any atom is 0.0603 e. The zero-order valence-corrected chi connectivity index (χ0v) is 10.2. The van der Waals surface area contributed by atoms with Gasteiger partial charge in [-0.1, -0.05) is 6.42 Å². The summed E-state index contributed by atoms with van der Waals surface area (Å²) in [6.07, 6.45) is 4.28. The quantitative estimate of drug-likeness (QED) is 0.731. The van der Waals surface area contributed by atoms with E-state index in [4.69, 9.17) is 5.73 Å². The molecule has 2 fully saturated rings. The van der Waals surface area contributed by atoms with E-state index < -0.39 is 0 Å². The normalized spacial score (nSPS) is 21.8. The molecule has 1 spiro atoms. The molecule has 1 aliphatic carbocycles. The second-order valence-electron chi connectivity index (χ2n) is 5.70. The Balaban J connectivity index is 1.83. The number of benzene rings is 1. The number of rotatable bonds is 1. The van der Waals surface area contributed by atoms with Crippen molar-refractivity contribution in [2.45, 2.75) is 33.1 Å². The van der Waals surface area contributed by atoms with Crippen LogP contribution in [0.2, 0.25) is 0 Å². The monoisotopic (exact) mass is 216 g/mol. The van der Waals surface area contributed by atoms with Crippen LogP contribution < -0.4 is 10.6 Å². The number of hydrogen-bond acceptors (Lipinski definition) is 2. The topological polar surface area (TPSA) is 29.3 Å². The Bertz CT molecular complexity index is 425. The summed E-state index contributed by atoms with van der Waals surface area (Å²) in [4.78, 5) is 2.45. The van der Waals surface area contributed by atoms with Crippen LogP contribution in [0.25, 0.3) is 0 Å². The highest BCUT2D eigenvalue weighted by molar-refractivity contribution is 5.71. The second kappa shape index (κ2) is 3.16. The van der Waals surface area contributed by atoms with E-state index in [2.05, 4.69) is 30.9 Å². The number of anilines is 2. The average molecular weight is 216 g/mol. The number of aryl methyl sites for hydroxylation is 2. The van der Waals surface area contributed by atoms with Crippen molar-refractivity contribution in [2.75, 3.05) is 23.7 Å². The summed E-state index contributed by atoms with van der Waals surface area (Å²) in [5, 5.41) is 0. The van der Waals surface area contributed by atoms with E-state index in [0.29, 0.717) is 5.41 Å². The molecule has 0 aromatic heterocycles. The summed E-state index contributed by atoms with van der Waals surface area (Å²) in [6.45, 7) is 6.73. The van der Waals surface area contributed by atoms with Crippen LogP contribution in [0.15, 0.2) is 12.1 Å². The van der Waals surface area contributed by atoms with Crippen LogP contribution in [0.1, 0.15) is 30.4 Å². The van der Waals surface area contributed by atoms with Gasteiger partial charge < -0.3 is 10.6 Å². The highest BCUT2D eigenvalue weighted by Gasteiger charge is 2.47. The summed E-state index contributed by atoms with van der Waals surface area (Å²) in [5.41, 5.74) is 11.6. The van der Waals surface area contributed by atoms with Crippen molar-refractivity contribution < 1.29 is 0 Å².